The second-order valence-corrected chi connectivity index (χ2v) is 4.32. The van der Waals surface area contributed by atoms with Gasteiger partial charge in [-0.3, -0.25) is 4.79 Å². The van der Waals surface area contributed by atoms with E-state index in [2.05, 4.69) is 15.3 Å². The minimum atomic E-state index is 0.0803. The van der Waals surface area contributed by atoms with E-state index in [4.69, 9.17) is 0 Å². The fourth-order valence-electron chi connectivity index (χ4n) is 1.43. The Kier molecular flexibility index (Phi) is 3.41. The van der Waals surface area contributed by atoms with Crippen molar-refractivity contribution in [2.24, 2.45) is 0 Å². The summed E-state index contributed by atoms with van der Waals surface area (Å²) in [5, 5.41) is 4.09. The second-order valence-electron chi connectivity index (χ2n) is 3.54. The van der Waals surface area contributed by atoms with Gasteiger partial charge >= 0.3 is 0 Å². The maximum absolute atomic E-state index is 11.8. The second kappa shape index (κ2) is 4.99. The summed E-state index contributed by atoms with van der Waals surface area (Å²) < 4.78 is 0. The summed E-state index contributed by atoms with van der Waals surface area (Å²) >= 11 is 1.65. The zero-order valence-corrected chi connectivity index (χ0v) is 9.83. The van der Waals surface area contributed by atoms with Crippen molar-refractivity contribution >= 4 is 17.1 Å². The van der Waals surface area contributed by atoms with E-state index in [0.29, 0.717) is 17.9 Å². The summed E-state index contributed by atoms with van der Waals surface area (Å²) in [6.07, 6.45) is 2.92. The summed E-state index contributed by atoms with van der Waals surface area (Å²) in [7, 11) is 0. The van der Waals surface area contributed by atoms with E-state index in [1.165, 1.54) is 5.56 Å². The van der Waals surface area contributed by atoms with E-state index in [1.54, 1.807) is 30.5 Å². The van der Waals surface area contributed by atoms with Crippen LogP contribution in [0.4, 0.5) is 0 Å². The summed E-state index contributed by atoms with van der Waals surface area (Å²) in [4.78, 5) is 19.9. The number of aromatic nitrogens is 2. The first kappa shape index (κ1) is 11.0. The molecule has 3 nitrogen and oxygen atoms in total. The van der Waals surface area contributed by atoms with Crippen LogP contribution in [-0.4, -0.2) is 15.8 Å². The first-order valence-electron chi connectivity index (χ1n) is 5.09. The Hall–Kier alpha value is -1.55. The summed E-state index contributed by atoms with van der Waals surface area (Å²) in [6.45, 7) is 1.79. The first-order chi connectivity index (χ1) is 7.75. The van der Waals surface area contributed by atoms with Gasteiger partial charge in [-0.2, -0.15) is 11.3 Å². The molecule has 0 atom stereocenters. The maximum atomic E-state index is 11.8. The van der Waals surface area contributed by atoms with E-state index < -0.39 is 0 Å². The fourth-order valence-corrected chi connectivity index (χ4v) is 2.14. The van der Waals surface area contributed by atoms with E-state index in [-0.39, 0.29) is 5.78 Å². The number of hydrogen-bond donors (Lipinski definition) is 0. The third-order valence-electron chi connectivity index (χ3n) is 2.28. The standard InChI is InChI=1S/C12H12N2OS/c1-9-13-6-4-11(14-9)12(15)3-2-10-5-7-16-8-10/h4-8H,2-3H2,1H3. The van der Waals surface area contributed by atoms with Gasteiger partial charge in [0.05, 0.1) is 0 Å². The Morgan fingerprint density at radius 1 is 1.44 bits per heavy atom. The van der Waals surface area contributed by atoms with Crippen molar-refractivity contribution in [2.45, 2.75) is 19.8 Å². The van der Waals surface area contributed by atoms with Crippen LogP contribution < -0.4 is 0 Å². The highest BCUT2D eigenvalue weighted by Crippen LogP contribution is 2.10. The lowest BCUT2D eigenvalue weighted by Gasteiger charge is -1.99. The summed E-state index contributed by atoms with van der Waals surface area (Å²) in [5.74, 6) is 0.720. The maximum Gasteiger partial charge on any atom is 0.181 e. The van der Waals surface area contributed by atoms with Gasteiger partial charge in [-0.1, -0.05) is 0 Å². The Morgan fingerprint density at radius 2 is 2.31 bits per heavy atom. The lowest BCUT2D eigenvalue weighted by atomic mass is 10.1. The van der Waals surface area contributed by atoms with E-state index in [9.17, 15) is 4.79 Å². The zero-order chi connectivity index (χ0) is 11.4. The number of thiophene rings is 1. The summed E-state index contributed by atoms with van der Waals surface area (Å²) in [5.41, 5.74) is 1.73. The molecule has 0 amide bonds. The molecule has 0 aromatic carbocycles. The number of Topliss-reactive ketones (excluding diaryl/α,β-unsaturated/α-hetero) is 1. The molecule has 0 radical (unpaired) electrons. The highest BCUT2D eigenvalue weighted by atomic mass is 32.1. The van der Waals surface area contributed by atoms with Gasteiger partial charge in [0.25, 0.3) is 0 Å². The summed E-state index contributed by atoms with van der Waals surface area (Å²) in [6, 6.07) is 3.71. The average Bonchev–Trinajstić information content (AvgIpc) is 2.78. The molecule has 2 aromatic rings. The molecule has 0 spiro atoms. The molecule has 0 bridgehead atoms. The number of carbonyl (C=O) groups is 1. The number of carbonyl (C=O) groups excluding carboxylic acids is 1. The molecule has 0 saturated heterocycles. The molecular formula is C12H12N2OS. The quantitative estimate of drug-likeness (QED) is 0.761. The Bertz CT molecular complexity index is 480. The van der Waals surface area contributed by atoms with Gasteiger partial charge in [0, 0.05) is 12.6 Å². The molecule has 2 heterocycles. The van der Waals surface area contributed by atoms with Crippen molar-refractivity contribution in [1.82, 2.24) is 9.97 Å². The van der Waals surface area contributed by atoms with Crippen LogP contribution in [-0.2, 0) is 6.42 Å². The average molecular weight is 232 g/mol. The molecule has 82 valence electrons. The third kappa shape index (κ3) is 2.73. The molecule has 4 heteroatoms. The van der Waals surface area contributed by atoms with Crippen LogP contribution in [0, 0.1) is 6.92 Å². The minimum Gasteiger partial charge on any atom is -0.292 e. The lowest BCUT2D eigenvalue weighted by Crippen LogP contribution is -2.05. The van der Waals surface area contributed by atoms with Crippen LogP contribution in [0.25, 0.3) is 0 Å². The van der Waals surface area contributed by atoms with Crippen LogP contribution in [0.5, 0.6) is 0 Å². The van der Waals surface area contributed by atoms with Crippen LogP contribution in [0.3, 0.4) is 0 Å². The molecule has 0 aliphatic heterocycles. The Morgan fingerprint density at radius 3 is 3.00 bits per heavy atom. The Labute approximate surface area is 98.2 Å². The van der Waals surface area contributed by atoms with Crippen molar-refractivity contribution in [3.63, 3.8) is 0 Å². The predicted molar refractivity (Wildman–Crippen MR) is 63.7 cm³/mol. The highest BCUT2D eigenvalue weighted by molar-refractivity contribution is 7.07. The van der Waals surface area contributed by atoms with Crippen molar-refractivity contribution in [3.05, 3.63) is 46.2 Å². The van der Waals surface area contributed by atoms with E-state index >= 15 is 0 Å². The van der Waals surface area contributed by atoms with Crippen molar-refractivity contribution < 1.29 is 4.79 Å². The van der Waals surface area contributed by atoms with Crippen molar-refractivity contribution in [3.8, 4) is 0 Å². The van der Waals surface area contributed by atoms with Gasteiger partial charge in [-0.25, -0.2) is 9.97 Å². The van der Waals surface area contributed by atoms with Crippen molar-refractivity contribution in [1.29, 1.82) is 0 Å². The molecule has 0 aliphatic rings. The largest absolute Gasteiger partial charge is 0.292 e. The first-order valence-corrected chi connectivity index (χ1v) is 6.04. The third-order valence-corrected chi connectivity index (χ3v) is 3.01. The molecule has 0 unspecified atom stereocenters. The molecule has 2 aromatic heterocycles. The van der Waals surface area contributed by atoms with Gasteiger partial charge < -0.3 is 0 Å². The molecule has 0 N–H and O–H groups in total. The monoisotopic (exact) mass is 232 g/mol. The molecule has 0 saturated carbocycles. The molecule has 2 rings (SSSR count). The van der Waals surface area contributed by atoms with Crippen LogP contribution in [0.2, 0.25) is 0 Å². The lowest BCUT2D eigenvalue weighted by molar-refractivity contribution is 0.0977. The topological polar surface area (TPSA) is 42.9 Å². The van der Waals surface area contributed by atoms with Crippen LogP contribution >= 0.6 is 11.3 Å². The smallest absolute Gasteiger partial charge is 0.181 e. The molecular weight excluding hydrogens is 220 g/mol. The SMILES string of the molecule is Cc1nccc(C(=O)CCc2ccsc2)n1. The van der Waals surface area contributed by atoms with E-state index in [0.717, 1.165) is 6.42 Å². The minimum absolute atomic E-state index is 0.0803. The number of nitrogens with zero attached hydrogens (tertiary/aromatic N) is 2. The number of hydrogen-bond acceptors (Lipinski definition) is 4. The van der Waals surface area contributed by atoms with Crippen molar-refractivity contribution in [2.75, 3.05) is 0 Å². The van der Waals surface area contributed by atoms with Crippen LogP contribution in [0.1, 0.15) is 28.3 Å². The van der Waals surface area contributed by atoms with Gasteiger partial charge in [0.1, 0.15) is 11.5 Å². The molecule has 0 aliphatic carbocycles. The van der Waals surface area contributed by atoms with Gasteiger partial charge in [-0.05, 0) is 41.8 Å². The fraction of sp³-hybridized carbons (Fsp3) is 0.250. The number of aryl methyl sites for hydroxylation is 2. The van der Waals surface area contributed by atoms with Gasteiger partial charge in [-0.15, -0.1) is 0 Å². The van der Waals surface area contributed by atoms with E-state index in [1.807, 2.05) is 11.4 Å². The number of ketones is 1. The zero-order valence-electron chi connectivity index (χ0n) is 9.01. The van der Waals surface area contributed by atoms with Gasteiger partial charge in [0.15, 0.2) is 5.78 Å². The normalized spacial score (nSPS) is 10.3. The number of rotatable bonds is 4. The Balaban J connectivity index is 1.98. The van der Waals surface area contributed by atoms with Gasteiger partial charge in [0.2, 0.25) is 0 Å². The predicted octanol–water partition coefficient (Wildman–Crippen LogP) is 2.66. The molecule has 16 heavy (non-hydrogen) atoms. The molecule has 0 fully saturated rings. The van der Waals surface area contributed by atoms with Crippen LogP contribution in [0.15, 0.2) is 29.1 Å². The highest BCUT2D eigenvalue weighted by Gasteiger charge is 2.08.